The van der Waals surface area contributed by atoms with Crippen molar-refractivity contribution in [2.45, 2.75) is 25.7 Å². The van der Waals surface area contributed by atoms with Crippen LogP contribution in [-0.2, 0) is 9.53 Å². The largest absolute Gasteiger partial charge is 0.381 e. The summed E-state index contributed by atoms with van der Waals surface area (Å²) >= 11 is 5.78. The lowest BCUT2D eigenvalue weighted by molar-refractivity contribution is -0.125. The molecule has 0 bridgehead atoms. The molecule has 2 fully saturated rings. The van der Waals surface area contributed by atoms with E-state index in [0.29, 0.717) is 17.6 Å². The number of carbonyl (C=O) groups is 1. The van der Waals surface area contributed by atoms with Gasteiger partial charge in [-0.1, -0.05) is 11.6 Å². The van der Waals surface area contributed by atoms with Crippen LogP contribution in [0.2, 0.25) is 5.15 Å². The fourth-order valence-corrected chi connectivity index (χ4v) is 3.32. The Morgan fingerprint density at radius 1 is 1.30 bits per heavy atom. The van der Waals surface area contributed by atoms with Gasteiger partial charge in [0.25, 0.3) is 0 Å². The van der Waals surface area contributed by atoms with E-state index < -0.39 is 0 Å². The molecule has 0 saturated carbocycles. The van der Waals surface area contributed by atoms with Crippen LogP contribution in [0, 0.1) is 11.8 Å². The number of ether oxygens (including phenoxy) is 1. The predicted octanol–water partition coefficient (Wildman–Crippen LogP) is 1.89. The molecule has 0 spiro atoms. The molecule has 2 aliphatic rings. The van der Waals surface area contributed by atoms with Gasteiger partial charge in [-0.25, -0.2) is 0 Å². The second kappa shape index (κ2) is 7.93. The van der Waals surface area contributed by atoms with Gasteiger partial charge in [-0.15, -0.1) is 10.2 Å². The first-order valence-corrected chi connectivity index (χ1v) is 8.70. The Kier molecular flexibility index (Phi) is 5.67. The predicted molar refractivity (Wildman–Crippen MR) is 88.5 cm³/mol. The summed E-state index contributed by atoms with van der Waals surface area (Å²) in [4.78, 5) is 14.6. The zero-order valence-corrected chi connectivity index (χ0v) is 14.0. The fourth-order valence-electron chi connectivity index (χ4n) is 3.22. The molecule has 0 radical (unpaired) electrons. The first-order chi connectivity index (χ1) is 11.2. The smallest absolute Gasteiger partial charge is 0.224 e. The van der Waals surface area contributed by atoms with Crippen LogP contribution in [0.15, 0.2) is 12.1 Å². The molecule has 3 heterocycles. The minimum atomic E-state index is 0.0149. The SMILES string of the molecule is O=C(NCC1CCOCC1)[C@H]1CCCN(c2ccc(Cl)nn2)C1. The van der Waals surface area contributed by atoms with Gasteiger partial charge in [0.05, 0.1) is 5.92 Å². The average Bonchev–Trinajstić information content (AvgIpc) is 2.61. The van der Waals surface area contributed by atoms with E-state index in [9.17, 15) is 4.79 Å². The third-order valence-corrected chi connectivity index (χ3v) is 4.84. The summed E-state index contributed by atoms with van der Waals surface area (Å²) in [5.41, 5.74) is 0. The molecule has 1 aromatic heterocycles. The molecule has 1 atom stereocenters. The average molecular weight is 339 g/mol. The molecule has 126 valence electrons. The van der Waals surface area contributed by atoms with E-state index in [2.05, 4.69) is 20.4 Å². The Bertz CT molecular complexity index is 519. The van der Waals surface area contributed by atoms with Gasteiger partial charge in [-0.2, -0.15) is 0 Å². The molecule has 23 heavy (non-hydrogen) atoms. The van der Waals surface area contributed by atoms with Crippen molar-refractivity contribution >= 4 is 23.3 Å². The Morgan fingerprint density at radius 3 is 2.87 bits per heavy atom. The highest BCUT2D eigenvalue weighted by atomic mass is 35.5. The third kappa shape index (κ3) is 4.54. The highest BCUT2D eigenvalue weighted by Crippen LogP contribution is 2.22. The lowest BCUT2D eigenvalue weighted by Gasteiger charge is -2.33. The minimum absolute atomic E-state index is 0.0149. The van der Waals surface area contributed by atoms with Gasteiger partial charge in [0.1, 0.15) is 0 Å². The van der Waals surface area contributed by atoms with Crippen LogP contribution in [0.25, 0.3) is 0 Å². The molecule has 6 nitrogen and oxygen atoms in total. The molecule has 7 heteroatoms. The number of rotatable bonds is 4. The molecule has 0 aromatic carbocycles. The highest BCUT2D eigenvalue weighted by molar-refractivity contribution is 6.29. The molecule has 1 N–H and O–H groups in total. The molecule has 1 amide bonds. The van der Waals surface area contributed by atoms with Crippen molar-refractivity contribution in [1.29, 1.82) is 0 Å². The van der Waals surface area contributed by atoms with Crippen LogP contribution < -0.4 is 10.2 Å². The maximum atomic E-state index is 12.4. The van der Waals surface area contributed by atoms with Crippen LogP contribution in [0.3, 0.4) is 0 Å². The third-order valence-electron chi connectivity index (χ3n) is 4.64. The number of amides is 1. The number of nitrogens with one attached hydrogen (secondary N) is 1. The monoisotopic (exact) mass is 338 g/mol. The summed E-state index contributed by atoms with van der Waals surface area (Å²) in [7, 11) is 0. The number of aromatic nitrogens is 2. The maximum Gasteiger partial charge on any atom is 0.224 e. The molecule has 0 aliphatic carbocycles. The Hall–Kier alpha value is -1.40. The molecule has 0 unspecified atom stereocenters. The quantitative estimate of drug-likeness (QED) is 0.908. The van der Waals surface area contributed by atoms with Crippen molar-refractivity contribution < 1.29 is 9.53 Å². The van der Waals surface area contributed by atoms with Crippen molar-refractivity contribution in [2.75, 3.05) is 37.7 Å². The first kappa shape index (κ1) is 16.5. The standard InChI is InChI=1S/C16H23ClN4O2/c17-14-3-4-15(20-19-14)21-7-1-2-13(11-21)16(22)18-10-12-5-8-23-9-6-12/h3-4,12-13H,1-2,5-11H2,(H,18,22)/t13-/m0/s1. The number of hydrogen-bond donors (Lipinski definition) is 1. The van der Waals surface area contributed by atoms with E-state index in [1.54, 1.807) is 6.07 Å². The van der Waals surface area contributed by atoms with Gasteiger partial charge in [0.15, 0.2) is 11.0 Å². The van der Waals surface area contributed by atoms with Crippen LogP contribution in [-0.4, -0.2) is 49.0 Å². The Balaban J connectivity index is 1.51. The van der Waals surface area contributed by atoms with Crippen molar-refractivity contribution in [3.63, 3.8) is 0 Å². The second-order valence-corrected chi connectivity index (χ2v) is 6.69. The molecule has 3 rings (SSSR count). The van der Waals surface area contributed by atoms with Crippen LogP contribution >= 0.6 is 11.6 Å². The van der Waals surface area contributed by atoms with Gasteiger partial charge in [-0.05, 0) is 43.7 Å². The van der Waals surface area contributed by atoms with Gasteiger partial charge >= 0.3 is 0 Å². The van der Waals surface area contributed by atoms with Crippen LogP contribution in [0.5, 0.6) is 0 Å². The van der Waals surface area contributed by atoms with E-state index in [-0.39, 0.29) is 11.8 Å². The van der Waals surface area contributed by atoms with Crippen molar-refractivity contribution in [1.82, 2.24) is 15.5 Å². The van der Waals surface area contributed by atoms with Gasteiger partial charge in [0.2, 0.25) is 5.91 Å². The van der Waals surface area contributed by atoms with Crippen LogP contribution in [0.4, 0.5) is 5.82 Å². The van der Waals surface area contributed by atoms with Crippen molar-refractivity contribution in [3.05, 3.63) is 17.3 Å². The second-order valence-electron chi connectivity index (χ2n) is 6.30. The number of anilines is 1. The normalized spacial score (nSPS) is 22.8. The molecule has 2 saturated heterocycles. The number of nitrogens with zero attached hydrogens (tertiary/aromatic N) is 3. The van der Waals surface area contributed by atoms with Gasteiger partial charge < -0.3 is 15.0 Å². The van der Waals surface area contributed by atoms with E-state index in [4.69, 9.17) is 16.3 Å². The maximum absolute atomic E-state index is 12.4. The Morgan fingerprint density at radius 2 is 2.13 bits per heavy atom. The van der Waals surface area contributed by atoms with Crippen molar-refractivity contribution in [3.8, 4) is 0 Å². The lowest BCUT2D eigenvalue weighted by Crippen LogP contribution is -2.44. The van der Waals surface area contributed by atoms with Gasteiger partial charge in [0, 0.05) is 32.8 Å². The summed E-state index contributed by atoms with van der Waals surface area (Å²) < 4.78 is 5.35. The summed E-state index contributed by atoms with van der Waals surface area (Å²) in [6.45, 7) is 3.98. The Labute approximate surface area is 141 Å². The highest BCUT2D eigenvalue weighted by Gasteiger charge is 2.27. The topological polar surface area (TPSA) is 67.3 Å². The molecular formula is C16H23ClN4O2. The molecule has 2 aliphatic heterocycles. The minimum Gasteiger partial charge on any atom is -0.381 e. The summed E-state index contributed by atoms with van der Waals surface area (Å²) in [6, 6.07) is 3.59. The van der Waals surface area contributed by atoms with Gasteiger partial charge in [-0.3, -0.25) is 4.79 Å². The molecule has 1 aromatic rings. The number of hydrogen-bond acceptors (Lipinski definition) is 5. The fraction of sp³-hybridized carbons (Fsp3) is 0.688. The summed E-state index contributed by atoms with van der Waals surface area (Å²) in [5.74, 6) is 1.51. The number of piperidine rings is 1. The van der Waals surface area contributed by atoms with E-state index in [0.717, 1.165) is 57.8 Å². The number of halogens is 1. The zero-order chi connectivity index (χ0) is 16.1. The summed E-state index contributed by atoms with van der Waals surface area (Å²) in [5, 5.41) is 11.5. The van der Waals surface area contributed by atoms with E-state index in [1.807, 2.05) is 6.07 Å². The summed E-state index contributed by atoms with van der Waals surface area (Å²) in [6.07, 6.45) is 3.99. The lowest BCUT2D eigenvalue weighted by atomic mass is 9.96. The zero-order valence-electron chi connectivity index (χ0n) is 13.2. The van der Waals surface area contributed by atoms with E-state index in [1.165, 1.54) is 0 Å². The van der Waals surface area contributed by atoms with E-state index >= 15 is 0 Å². The molecular weight excluding hydrogens is 316 g/mol. The van der Waals surface area contributed by atoms with Crippen LogP contribution in [0.1, 0.15) is 25.7 Å². The first-order valence-electron chi connectivity index (χ1n) is 8.32. The van der Waals surface area contributed by atoms with Crippen molar-refractivity contribution in [2.24, 2.45) is 11.8 Å². The number of carbonyl (C=O) groups excluding carboxylic acids is 1.